The van der Waals surface area contributed by atoms with Crippen LogP contribution < -0.4 is 5.32 Å². The summed E-state index contributed by atoms with van der Waals surface area (Å²) < 4.78 is 1.73. The van der Waals surface area contributed by atoms with Gasteiger partial charge in [0.1, 0.15) is 12.0 Å². The number of rotatable bonds is 4. The Morgan fingerprint density at radius 1 is 1.33 bits per heavy atom. The van der Waals surface area contributed by atoms with Crippen LogP contribution in [0.4, 0.5) is 11.5 Å². The molecule has 0 aromatic carbocycles. The minimum absolute atomic E-state index is 0.0172. The average Bonchev–Trinajstić information content (AvgIpc) is 2.94. The van der Waals surface area contributed by atoms with E-state index in [1.165, 1.54) is 12.3 Å². The summed E-state index contributed by atoms with van der Waals surface area (Å²) in [6, 6.07) is 5.16. The number of nitro groups is 1. The summed E-state index contributed by atoms with van der Waals surface area (Å²) >= 11 is 0. The Labute approximate surface area is 119 Å². The van der Waals surface area contributed by atoms with E-state index in [0.717, 1.165) is 16.9 Å². The van der Waals surface area contributed by atoms with Gasteiger partial charge < -0.3 is 5.32 Å². The number of hydrogen-bond acceptors (Lipinski definition) is 6. The van der Waals surface area contributed by atoms with E-state index in [1.807, 2.05) is 12.1 Å². The molecule has 8 nitrogen and oxygen atoms in total. The molecule has 3 aromatic heterocycles. The molecule has 8 heteroatoms. The number of nitrogens with one attached hydrogen (secondary N) is 1. The molecule has 0 atom stereocenters. The van der Waals surface area contributed by atoms with Gasteiger partial charge in [0, 0.05) is 18.3 Å². The molecule has 1 N–H and O–H groups in total. The van der Waals surface area contributed by atoms with Crippen molar-refractivity contribution in [2.45, 2.75) is 13.5 Å². The minimum Gasteiger partial charge on any atom is -0.364 e. The highest BCUT2D eigenvalue weighted by atomic mass is 16.6. The average molecular weight is 284 g/mol. The molecule has 0 saturated heterocycles. The second-order valence-corrected chi connectivity index (χ2v) is 4.51. The van der Waals surface area contributed by atoms with Gasteiger partial charge in [-0.2, -0.15) is 5.10 Å². The second-order valence-electron chi connectivity index (χ2n) is 4.51. The molecular formula is C13H12N6O2. The van der Waals surface area contributed by atoms with Crippen molar-refractivity contribution in [2.24, 2.45) is 0 Å². The third kappa shape index (κ3) is 2.50. The first kappa shape index (κ1) is 13.0. The van der Waals surface area contributed by atoms with E-state index in [2.05, 4.69) is 20.4 Å². The van der Waals surface area contributed by atoms with Gasteiger partial charge in [0.2, 0.25) is 0 Å². The molecule has 0 aliphatic heterocycles. The maximum absolute atomic E-state index is 10.7. The number of fused-ring (bicyclic) bond motifs is 1. The standard InChI is InChI=1S/C13H12N6O2/c1-9-6-11(19(20)21)8-16-13(9)15-7-10-2-4-14-12-3-5-17-18(10)12/h2-6,8H,7H2,1H3,(H,15,16). The van der Waals surface area contributed by atoms with Crippen molar-refractivity contribution >= 4 is 17.2 Å². The van der Waals surface area contributed by atoms with Crippen LogP contribution in [0.1, 0.15) is 11.3 Å². The van der Waals surface area contributed by atoms with Crippen LogP contribution in [0.15, 0.2) is 36.8 Å². The molecule has 0 spiro atoms. The van der Waals surface area contributed by atoms with Crippen LogP contribution in [-0.4, -0.2) is 24.5 Å². The molecule has 0 amide bonds. The van der Waals surface area contributed by atoms with Crippen LogP contribution in [0.25, 0.3) is 5.65 Å². The lowest BCUT2D eigenvalue weighted by Gasteiger charge is -2.09. The van der Waals surface area contributed by atoms with E-state index in [-0.39, 0.29) is 5.69 Å². The fraction of sp³-hybridized carbons (Fsp3) is 0.154. The van der Waals surface area contributed by atoms with Gasteiger partial charge >= 0.3 is 0 Å². The van der Waals surface area contributed by atoms with Crippen LogP contribution in [-0.2, 0) is 6.54 Å². The van der Waals surface area contributed by atoms with Crippen molar-refractivity contribution in [3.05, 3.63) is 58.2 Å². The zero-order valence-electron chi connectivity index (χ0n) is 11.2. The third-order valence-electron chi connectivity index (χ3n) is 3.08. The Hall–Kier alpha value is -3.03. The molecule has 0 radical (unpaired) electrons. The van der Waals surface area contributed by atoms with Crippen molar-refractivity contribution < 1.29 is 4.92 Å². The molecule has 0 aliphatic carbocycles. The Kier molecular flexibility index (Phi) is 3.19. The lowest BCUT2D eigenvalue weighted by molar-refractivity contribution is -0.385. The molecule has 0 fully saturated rings. The van der Waals surface area contributed by atoms with Crippen LogP contribution >= 0.6 is 0 Å². The van der Waals surface area contributed by atoms with Gasteiger partial charge in [0.15, 0.2) is 5.65 Å². The van der Waals surface area contributed by atoms with E-state index in [1.54, 1.807) is 23.8 Å². The van der Waals surface area contributed by atoms with Gasteiger partial charge in [-0.1, -0.05) is 0 Å². The summed E-state index contributed by atoms with van der Waals surface area (Å²) in [5, 5.41) is 18.0. The molecule has 0 saturated carbocycles. The highest BCUT2D eigenvalue weighted by molar-refractivity contribution is 5.48. The fourth-order valence-corrected chi connectivity index (χ4v) is 2.04. The number of pyridine rings is 1. The Morgan fingerprint density at radius 2 is 2.19 bits per heavy atom. The van der Waals surface area contributed by atoms with Crippen molar-refractivity contribution in [2.75, 3.05) is 5.32 Å². The Morgan fingerprint density at radius 3 is 2.95 bits per heavy atom. The largest absolute Gasteiger partial charge is 0.364 e. The molecule has 3 rings (SSSR count). The maximum Gasteiger partial charge on any atom is 0.287 e. The normalized spacial score (nSPS) is 10.7. The Bertz CT molecular complexity index is 813. The van der Waals surface area contributed by atoms with E-state index >= 15 is 0 Å². The van der Waals surface area contributed by atoms with Gasteiger partial charge in [0.05, 0.1) is 23.4 Å². The predicted molar refractivity (Wildman–Crippen MR) is 75.9 cm³/mol. The van der Waals surface area contributed by atoms with Crippen LogP contribution in [0.2, 0.25) is 0 Å². The van der Waals surface area contributed by atoms with Crippen LogP contribution in [0, 0.1) is 17.0 Å². The van der Waals surface area contributed by atoms with Crippen LogP contribution in [0.5, 0.6) is 0 Å². The second kappa shape index (κ2) is 5.16. The molecule has 3 aromatic rings. The van der Waals surface area contributed by atoms with Gasteiger partial charge in [-0.25, -0.2) is 14.5 Å². The van der Waals surface area contributed by atoms with E-state index < -0.39 is 4.92 Å². The van der Waals surface area contributed by atoms with Crippen LogP contribution in [0.3, 0.4) is 0 Å². The molecule has 0 bridgehead atoms. The molecule has 106 valence electrons. The van der Waals surface area contributed by atoms with Gasteiger partial charge in [0.25, 0.3) is 5.69 Å². The first-order valence-corrected chi connectivity index (χ1v) is 6.27. The SMILES string of the molecule is Cc1cc([N+](=O)[O-])cnc1NCc1ccnc2ccnn12. The highest BCUT2D eigenvalue weighted by Gasteiger charge is 2.10. The summed E-state index contributed by atoms with van der Waals surface area (Å²) in [7, 11) is 0. The summed E-state index contributed by atoms with van der Waals surface area (Å²) in [4.78, 5) is 18.5. The molecule has 0 aliphatic rings. The maximum atomic E-state index is 10.7. The van der Waals surface area contributed by atoms with E-state index in [4.69, 9.17) is 0 Å². The number of aryl methyl sites for hydroxylation is 1. The lowest BCUT2D eigenvalue weighted by Crippen LogP contribution is -2.08. The lowest BCUT2D eigenvalue weighted by atomic mass is 10.2. The van der Waals surface area contributed by atoms with Crippen molar-refractivity contribution in [1.29, 1.82) is 0 Å². The number of anilines is 1. The number of hydrogen-bond donors (Lipinski definition) is 1. The number of nitrogens with zero attached hydrogens (tertiary/aromatic N) is 5. The van der Waals surface area contributed by atoms with Gasteiger partial charge in [-0.3, -0.25) is 10.1 Å². The Balaban J connectivity index is 1.82. The van der Waals surface area contributed by atoms with Crippen molar-refractivity contribution in [3.63, 3.8) is 0 Å². The summed E-state index contributed by atoms with van der Waals surface area (Å²) in [6.07, 6.45) is 4.64. The summed E-state index contributed by atoms with van der Waals surface area (Å²) in [6.45, 7) is 2.27. The first-order chi connectivity index (χ1) is 10.1. The highest BCUT2D eigenvalue weighted by Crippen LogP contribution is 2.18. The quantitative estimate of drug-likeness (QED) is 0.580. The fourth-order valence-electron chi connectivity index (χ4n) is 2.04. The smallest absolute Gasteiger partial charge is 0.287 e. The zero-order valence-corrected chi connectivity index (χ0v) is 11.2. The third-order valence-corrected chi connectivity index (χ3v) is 3.08. The van der Waals surface area contributed by atoms with Gasteiger partial charge in [-0.05, 0) is 18.6 Å². The molecule has 0 unspecified atom stereocenters. The number of aromatic nitrogens is 4. The summed E-state index contributed by atoms with van der Waals surface area (Å²) in [5.41, 5.74) is 2.39. The summed E-state index contributed by atoms with van der Waals surface area (Å²) in [5.74, 6) is 0.609. The molecular weight excluding hydrogens is 272 g/mol. The minimum atomic E-state index is -0.458. The first-order valence-electron chi connectivity index (χ1n) is 6.27. The molecule has 21 heavy (non-hydrogen) atoms. The topological polar surface area (TPSA) is 98.2 Å². The van der Waals surface area contributed by atoms with Crippen molar-refractivity contribution in [1.82, 2.24) is 19.6 Å². The zero-order chi connectivity index (χ0) is 14.8. The predicted octanol–water partition coefficient (Wildman–Crippen LogP) is 1.95. The van der Waals surface area contributed by atoms with E-state index in [0.29, 0.717) is 12.4 Å². The van der Waals surface area contributed by atoms with Gasteiger partial charge in [-0.15, -0.1) is 0 Å². The monoisotopic (exact) mass is 284 g/mol. The van der Waals surface area contributed by atoms with Crippen molar-refractivity contribution in [3.8, 4) is 0 Å². The van der Waals surface area contributed by atoms with E-state index in [9.17, 15) is 10.1 Å². The molecule has 3 heterocycles.